The van der Waals surface area contributed by atoms with E-state index >= 15 is 0 Å². The Morgan fingerprint density at radius 2 is 0.753 bits per heavy atom. The minimum Gasteiger partial charge on any atom is -0.458 e. The third-order valence-corrected chi connectivity index (χ3v) is 17.4. The van der Waals surface area contributed by atoms with Crippen molar-refractivity contribution < 1.29 is 4.74 Å². The monoisotopic (exact) mass is 1040 g/mol. The van der Waals surface area contributed by atoms with E-state index in [0.717, 1.165) is 61.6 Å². The molecule has 3 heterocycles. The van der Waals surface area contributed by atoms with Gasteiger partial charge in [0.15, 0.2) is 0 Å². The van der Waals surface area contributed by atoms with Gasteiger partial charge in [-0.2, -0.15) is 0 Å². The van der Waals surface area contributed by atoms with Crippen molar-refractivity contribution in [3.63, 3.8) is 0 Å². The minimum atomic E-state index is -0.213. The zero-order valence-corrected chi connectivity index (χ0v) is 46.5. The van der Waals surface area contributed by atoms with Crippen molar-refractivity contribution in [2.75, 3.05) is 0 Å². The smallest absolute Gasteiger partial charge is 0.256 e. The topological polar surface area (TPSA) is 14.2 Å². The summed E-state index contributed by atoms with van der Waals surface area (Å²) in [5.74, 6) is 1.75. The van der Waals surface area contributed by atoms with Crippen molar-refractivity contribution in [1.82, 2.24) is 4.57 Å². The fourth-order valence-electron chi connectivity index (χ4n) is 14.3. The maximum Gasteiger partial charge on any atom is 0.256 e. The zero-order valence-electron chi connectivity index (χ0n) is 46.5. The molecular weight excluding hydrogens is 978 g/mol. The van der Waals surface area contributed by atoms with Gasteiger partial charge in [-0.15, -0.1) is 0 Å². The maximum atomic E-state index is 7.88. The van der Waals surface area contributed by atoms with Gasteiger partial charge in [0.25, 0.3) is 6.71 Å². The Morgan fingerprint density at radius 1 is 0.321 bits per heavy atom. The molecule has 12 aromatic carbocycles. The lowest BCUT2D eigenvalue weighted by atomic mass is 9.34. The predicted octanol–water partition coefficient (Wildman–Crippen LogP) is 18.9. The van der Waals surface area contributed by atoms with Gasteiger partial charge >= 0.3 is 0 Å². The molecule has 0 bridgehead atoms. The van der Waals surface area contributed by atoms with Crippen LogP contribution in [0.3, 0.4) is 0 Å². The molecule has 0 aliphatic carbocycles. The summed E-state index contributed by atoms with van der Waals surface area (Å²) in [6.45, 7) is 13.3. The first-order valence-corrected chi connectivity index (χ1v) is 28.4. The molecule has 2 nitrogen and oxygen atoms in total. The lowest BCUT2D eigenvalue weighted by Gasteiger charge is -2.35. The Balaban J connectivity index is 1.10. The minimum absolute atomic E-state index is 0.213. The molecule has 0 N–H and O–H groups in total. The molecule has 0 saturated heterocycles. The van der Waals surface area contributed by atoms with Crippen LogP contribution in [0.25, 0.3) is 117 Å². The van der Waals surface area contributed by atoms with Crippen molar-refractivity contribution in [2.24, 2.45) is 0 Å². The number of hydrogen-bond donors (Lipinski definition) is 0. The van der Waals surface area contributed by atoms with Crippen LogP contribution in [0.15, 0.2) is 243 Å². The van der Waals surface area contributed by atoms with Crippen LogP contribution < -0.4 is 21.1 Å². The normalized spacial score (nSPS) is 12.1. The van der Waals surface area contributed by atoms with Gasteiger partial charge < -0.3 is 9.30 Å². The highest BCUT2D eigenvalue weighted by Gasteiger charge is 2.43. The standard InChI is InChI=1S/C78H58BNO/c1-47-36-49(3)74(50(4)37-47)56-34-35-71-66(40-56)67-42-59(75-51(5)38-48(2)39-52(75)6)44-69-77(67)80(71)72-45-58(64-32-19-17-29-61(64)54-24-12-8-13-25-54)46-73-76(72)79(69)70-43-57(63-31-18-16-28-60(63)53-22-10-7-11-23-53)41-68(78(70)81-73)65-33-21-20-30-62(65)55-26-14-9-15-27-55/h7-46H,1-6H3. The van der Waals surface area contributed by atoms with Crippen LogP contribution in [0.4, 0.5) is 0 Å². The van der Waals surface area contributed by atoms with Gasteiger partial charge in [0.2, 0.25) is 0 Å². The number of hydrogen-bond acceptors (Lipinski definition) is 1. The van der Waals surface area contributed by atoms with Crippen LogP contribution in [-0.2, 0) is 0 Å². The Morgan fingerprint density at radius 3 is 1.28 bits per heavy atom. The van der Waals surface area contributed by atoms with Crippen LogP contribution >= 0.6 is 0 Å². The van der Waals surface area contributed by atoms with Crippen LogP contribution in [0.1, 0.15) is 33.4 Å². The number of aryl methyl sites for hydroxylation is 6. The molecule has 0 fully saturated rings. The van der Waals surface area contributed by atoms with Gasteiger partial charge in [-0.05, 0) is 200 Å². The molecular formula is C78H58BNO. The molecule has 13 aromatic rings. The summed E-state index contributed by atoms with van der Waals surface area (Å²) in [5.41, 5.74) is 33.7. The zero-order chi connectivity index (χ0) is 54.6. The molecule has 15 rings (SSSR count). The van der Waals surface area contributed by atoms with E-state index in [0.29, 0.717) is 0 Å². The second kappa shape index (κ2) is 19.0. The molecule has 1 aromatic heterocycles. The van der Waals surface area contributed by atoms with Gasteiger partial charge in [0.1, 0.15) is 11.5 Å². The molecule has 0 saturated carbocycles. The van der Waals surface area contributed by atoms with E-state index in [4.69, 9.17) is 4.74 Å². The summed E-state index contributed by atoms with van der Waals surface area (Å²) in [6.07, 6.45) is 0. The highest BCUT2D eigenvalue weighted by atomic mass is 16.5. The second-order valence-electron chi connectivity index (χ2n) is 22.7. The largest absolute Gasteiger partial charge is 0.458 e. The quantitative estimate of drug-likeness (QED) is 0.138. The molecule has 0 radical (unpaired) electrons. The average Bonchev–Trinajstić information content (AvgIpc) is 4.04. The summed E-state index contributed by atoms with van der Waals surface area (Å²) in [4.78, 5) is 0. The highest BCUT2D eigenvalue weighted by Crippen LogP contribution is 2.48. The lowest BCUT2D eigenvalue weighted by Crippen LogP contribution is -2.58. The third kappa shape index (κ3) is 7.86. The van der Waals surface area contributed by atoms with Crippen molar-refractivity contribution in [3.8, 4) is 106 Å². The summed E-state index contributed by atoms with van der Waals surface area (Å²) >= 11 is 0. The van der Waals surface area contributed by atoms with E-state index in [1.54, 1.807) is 0 Å². The molecule has 0 atom stereocenters. The molecule has 2 aliphatic rings. The first-order chi connectivity index (χ1) is 39.6. The first-order valence-electron chi connectivity index (χ1n) is 28.4. The molecule has 3 heteroatoms. The molecule has 81 heavy (non-hydrogen) atoms. The van der Waals surface area contributed by atoms with Gasteiger partial charge in [-0.1, -0.05) is 217 Å². The van der Waals surface area contributed by atoms with Gasteiger partial charge in [-0.3, -0.25) is 0 Å². The number of benzene rings is 12. The number of fused-ring (bicyclic) bond motifs is 7. The lowest BCUT2D eigenvalue weighted by molar-refractivity contribution is 0.489. The fourth-order valence-corrected chi connectivity index (χ4v) is 14.3. The Hall–Kier alpha value is -9.70. The summed E-state index contributed by atoms with van der Waals surface area (Å²) in [6, 6.07) is 90.5. The molecule has 384 valence electrons. The number of ether oxygens (including phenoxy) is 1. The molecule has 0 spiro atoms. The Kier molecular flexibility index (Phi) is 11.4. The summed E-state index contributed by atoms with van der Waals surface area (Å²) in [7, 11) is 0. The van der Waals surface area contributed by atoms with Crippen molar-refractivity contribution in [2.45, 2.75) is 41.5 Å². The Bertz CT molecular complexity index is 4670. The number of aromatic nitrogens is 1. The van der Waals surface area contributed by atoms with Crippen LogP contribution in [0.5, 0.6) is 11.5 Å². The van der Waals surface area contributed by atoms with E-state index in [1.807, 2.05) is 0 Å². The number of nitrogens with zero attached hydrogens (tertiary/aromatic N) is 1. The maximum absolute atomic E-state index is 7.88. The van der Waals surface area contributed by atoms with Gasteiger partial charge in [0, 0.05) is 27.5 Å². The van der Waals surface area contributed by atoms with E-state index < -0.39 is 0 Å². The van der Waals surface area contributed by atoms with E-state index in [-0.39, 0.29) is 6.71 Å². The van der Waals surface area contributed by atoms with E-state index in [1.165, 1.54) is 116 Å². The predicted molar refractivity (Wildman–Crippen MR) is 344 cm³/mol. The van der Waals surface area contributed by atoms with Crippen LogP contribution in [-0.4, -0.2) is 11.3 Å². The molecule has 0 amide bonds. The fraction of sp³-hybridized carbons (Fsp3) is 0.0769. The van der Waals surface area contributed by atoms with E-state index in [2.05, 4.69) is 289 Å². The molecule has 2 aliphatic heterocycles. The van der Waals surface area contributed by atoms with Gasteiger partial charge in [0.05, 0.1) is 5.52 Å². The van der Waals surface area contributed by atoms with Crippen LogP contribution in [0, 0.1) is 41.5 Å². The first kappa shape index (κ1) is 48.4. The SMILES string of the molecule is Cc1cc(C)c(-c2ccc3c(c2)c2cc(-c4c(C)cc(C)cc4C)cc4c2n3-c2cc(-c3ccccc3-c3ccccc3)cc3c2B4c2cc(-c4ccccc4-c4ccccc4)cc(-c4ccccc4-c4ccccc4)c2O3)c(C)c1. The second-order valence-corrected chi connectivity index (χ2v) is 22.7. The van der Waals surface area contributed by atoms with Crippen molar-refractivity contribution >= 4 is 44.9 Å². The van der Waals surface area contributed by atoms with Crippen molar-refractivity contribution in [3.05, 3.63) is 276 Å². The summed E-state index contributed by atoms with van der Waals surface area (Å²) < 4.78 is 10.5. The average molecular weight is 1040 g/mol. The van der Waals surface area contributed by atoms with Crippen molar-refractivity contribution in [1.29, 1.82) is 0 Å². The van der Waals surface area contributed by atoms with E-state index in [9.17, 15) is 0 Å². The summed E-state index contributed by atoms with van der Waals surface area (Å²) in [5, 5.41) is 2.48. The third-order valence-electron chi connectivity index (χ3n) is 17.4. The van der Waals surface area contributed by atoms with Crippen LogP contribution in [0.2, 0.25) is 0 Å². The highest BCUT2D eigenvalue weighted by molar-refractivity contribution is 6.99. The van der Waals surface area contributed by atoms with Gasteiger partial charge in [-0.25, -0.2) is 0 Å². The number of rotatable bonds is 8. The molecule has 0 unspecified atom stereocenters. The Labute approximate surface area is 475 Å².